The largest absolute Gasteiger partial charge is 0.508 e. The minimum Gasteiger partial charge on any atom is -0.508 e. The van der Waals surface area contributed by atoms with Crippen LogP contribution in [0.15, 0.2) is 42.5 Å². The second-order valence-electron chi connectivity index (χ2n) is 7.60. The van der Waals surface area contributed by atoms with Gasteiger partial charge in [-0.1, -0.05) is 26.0 Å². The van der Waals surface area contributed by atoms with Crippen molar-refractivity contribution < 1.29 is 14.9 Å². The summed E-state index contributed by atoms with van der Waals surface area (Å²) in [6, 6.07) is 12.9. The molecule has 0 radical (unpaired) electrons. The van der Waals surface area contributed by atoms with Crippen molar-refractivity contribution in [3.8, 4) is 17.2 Å². The van der Waals surface area contributed by atoms with Gasteiger partial charge in [0.15, 0.2) is 0 Å². The average Bonchev–Trinajstić information content (AvgIpc) is 3.02. The van der Waals surface area contributed by atoms with Crippen molar-refractivity contribution in [1.82, 2.24) is 0 Å². The van der Waals surface area contributed by atoms with Crippen molar-refractivity contribution in [2.75, 3.05) is 0 Å². The van der Waals surface area contributed by atoms with E-state index >= 15 is 0 Å². The smallest absolute Gasteiger partial charge is 0.127 e. The number of benzene rings is 2. The molecule has 2 aliphatic rings. The maximum absolute atomic E-state index is 10.1. The molecule has 4 rings (SSSR count). The average molecular weight is 338 g/mol. The van der Waals surface area contributed by atoms with E-state index in [-0.39, 0.29) is 17.3 Å². The van der Waals surface area contributed by atoms with Gasteiger partial charge in [-0.3, -0.25) is 0 Å². The van der Waals surface area contributed by atoms with Crippen molar-refractivity contribution in [3.63, 3.8) is 0 Å². The molecule has 1 heterocycles. The van der Waals surface area contributed by atoms with Crippen LogP contribution in [0.3, 0.4) is 0 Å². The Morgan fingerprint density at radius 3 is 2.36 bits per heavy atom. The van der Waals surface area contributed by atoms with Crippen LogP contribution in [0.4, 0.5) is 0 Å². The minimum atomic E-state index is 0.00242. The highest BCUT2D eigenvalue weighted by Crippen LogP contribution is 2.64. The summed E-state index contributed by atoms with van der Waals surface area (Å²) in [4.78, 5) is 0. The second kappa shape index (κ2) is 5.98. The number of phenolic OH excluding ortho intramolecular Hbond substituents is 2. The highest BCUT2D eigenvalue weighted by atomic mass is 16.5. The molecule has 0 aromatic heterocycles. The van der Waals surface area contributed by atoms with Crippen molar-refractivity contribution in [3.05, 3.63) is 53.6 Å². The molecule has 2 aromatic rings. The van der Waals surface area contributed by atoms with Crippen LogP contribution in [0, 0.1) is 11.3 Å². The highest BCUT2D eigenvalue weighted by Gasteiger charge is 2.53. The van der Waals surface area contributed by atoms with Crippen molar-refractivity contribution in [2.45, 2.75) is 51.6 Å². The van der Waals surface area contributed by atoms with Gasteiger partial charge in [0.1, 0.15) is 23.4 Å². The molecule has 1 fully saturated rings. The van der Waals surface area contributed by atoms with Crippen LogP contribution in [-0.2, 0) is 0 Å². The Morgan fingerprint density at radius 1 is 1.00 bits per heavy atom. The fourth-order valence-electron chi connectivity index (χ4n) is 5.25. The van der Waals surface area contributed by atoms with Crippen LogP contribution in [-0.4, -0.2) is 10.2 Å². The number of phenols is 2. The summed E-state index contributed by atoms with van der Waals surface area (Å²) in [6.07, 6.45) is 4.61. The minimum absolute atomic E-state index is 0.00242. The van der Waals surface area contributed by atoms with Gasteiger partial charge in [-0.2, -0.15) is 0 Å². The summed E-state index contributed by atoms with van der Waals surface area (Å²) in [6.45, 7) is 4.58. The molecule has 1 aliphatic heterocycles. The van der Waals surface area contributed by atoms with E-state index in [1.807, 2.05) is 24.3 Å². The van der Waals surface area contributed by atoms with E-state index in [0.29, 0.717) is 17.6 Å². The van der Waals surface area contributed by atoms with E-state index in [1.54, 1.807) is 18.2 Å². The van der Waals surface area contributed by atoms with E-state index < -0.39 is 0 Å². The maximum Gasteiger partial charge on any atom is 0.127 e. The van der Waals surface area contributed by atoms with E-state index in [2.05, 4.69) is 13.8 Å². The molecule has 1 aliphatic carbocycles. The first-order chi connectivity index (χ1) is 12.1. The molecule has 3 unspecified atom stereocenters. The topological polar surface area (TPSA) is 49.7 Å². The quantitative estimate of drug-likeness (QED) is 0.773. The zero-order valence-corrected chi connectivity index (χ0v) is 14.9. The van der Waals surface area contributed by atoms with Gasteiger partial charge in [0.25, 0.3) is 0 Å². The van der Waals surface area contributed by atoms with Crippen molar-refractivity contribution in [1.29, 1.82) is 0 Å². The fraction of sp³-hybridized carbons (Fsp3) is 0.455. The van der Waals surface area contributed by atoms with E-state index in [4.69, 9.17) is 4.74 Å². The maximum atomic E-state index is 10.1. The molecule has 132 valence electrons. The Balaban J connectivity index is 1.84. The van der Waals surface area contributed by atoms with Gasteiger partial charge in [-0.15, -0.1) is 0 Å². The third kappa shape index (κ3) is 2.48. The normalized spacial score (nSPS) is 26.6. The summed E-state index contributed by atoms with van der Waals surface area (Å²) in [5, 5.41) is 19.7. The van der Waals surface area contributed by atoms with Crippen molar-refractivity contribution in [2.24, 2.45) is 11.3 Å². The fourth-order valence-corrected chi connectivity index (χ4v) is 5.25. The predicted octanol–water partition coefficient (Wildman–Crippen LogP) is 5.53. The summed E-state index contributed by atoms with van der Waals surface area (Å²) < 4.78 is 6.42. The lowest BCUT2D eigenvalue weighted by Gasteiger charge is -2.43. The van der Waals surface area contributed by atoms with E-state index in [9.17, 15) is 10.2 Å². The third-order valence-electron chi connectivity index (χ3n) is 6.66. The standard InChI is InChI=1S/C22H26O3/c1-3-22(4-2)12-11-17-20(22)18-13-16(24)9-10-19(18)25-21(17)14-5-7-15(23)8-6-14/h5-10,13,17,20-21,23-24H,3-4,11-12H2,1-2H3. The molecular formula is C22H26O3. The van der Waals surface area contributed by atoms with Crippen LogP contribution >= 0.6 is 0 Å². The SMILES string of the molecule is CCC1(CC)CCC2C(c3ccc(O)cc3)Oc3ccc(O)cc3C21. The molecule has 25 heavy (non-hydrogen) atoms. The number of aromatic hydroxyl groups is 2. The second-order valence-corrected chi connectivity index (χ2v) is 7.60. The summed E-state index contributed by atoms with van der Waals surface area (Å²) in [7, 11) is 0. The molecule has 2 N–H and O–H groups in total. The Bertz CT molecular complexity index is 761. The van der Waals surface area contributed by atoms with Gasteiger partial charge in [0, 0.05) is 11.5 Å². The van der Waals surface area contributed by atoms with Gasteiger partial charge >= 0.3 is 0 Å². The zero-order chi connectivity index (χ0) is 17.6. The molecule has 0 amide bonds. The Hall–Kier alpha value is -2.16. The molecule has 2 aromatic carbocycles. The van der Waals surface area contributed by atoms with E-state index in [1.165, 1.54) is 12.0 Å². The molecule has 3 atom stereocenters. The van der Waals surface area contributed by atoms with Gasteiger partial charge < -0.3 is 14.9 Å². The van der Waals surface area contributed by atoms with Gasteiger partial charge in [-0.25, -0.2) is 0 Å². The van der Waals surface area contributed by atoms with Crippen LogP contribution in [0.25, 0.3) is 0 Å². The lowest BCUT2D eigenvalue weighted by molar-refractivity contribution is 0.0765. The molecule has 3 nitrogen and oxygen atoms in total. The number of ether oxygens (including phenoxy) is 1. The zero-order valence-electron chi connectivity index (χ0n) is 14.9. The monoisotopic (exact) mass is 338 g/mol. The number of hydrogen-bond donors (Lipinski definition) is 2. The highest BCUT2D eigenvalue weighted by molar-refractivity contribution is 5.47. The summed E-state index contributed by atoms with van der Waals surface area (Å²) >= 11 is 0. The van der Waals surface area contributed by atoms with Gasteiger partial charge in [-0.05, 0) is 72.9 Å². The number of rotatable bonds is 3. The summed E-state index contributed by atoms with van der Waals surface area (Å²) in [5.41, 5.74) is 2.56. The Labute approximate surface area is 149 Å². The molecule has 0 bridgehead atoms. The van der Waals surface area contributed by atoms with Crippen LogP contribution in [0.1, 0.15) is 62.7 Å². The van der Waals surface area contributed by atoms with E-state index in [0.717, 1.165) is 30.6 Å². The first-order valence-electron chi connectivity index (χ1n) is 9.36. The Morgan fingerprint density at radius 2 is 1.68 bits per heavy atom. The predicted molar refractivity (Wildman–Crippen MR) is 98.1 cm³/mol. The van der Waals surface area contributed by atoms with Crippen molar-refractivity contribution >= 4 is 0 Å². The molecule has 1 saturated carbocycles. The summed E-state index contributed by atoms with van der Waals surface area (Å²) in [5.74, 6) is 2.29. The molecule has 0 spiro atoms. The lowest BCUT2D eigenvalue weighted by Crippen LogP contribution is -2.33. The number of hydrogen-bond acceptors (Lipinski definition) is 3. The van der Waals surface area contributed by atoms with Crippen LogP contribution in [0.2, 0.25) is 0 Å². The Kier molecular flexibility index (Phi) is 3.90. The third-order valence-corrected chi connectivity index (χ3v) is 6.66. The molecule has 3 heteroatoms. The van der Waals surface area contributed by atoms with Gasteiger partial charge in [0.05, 0.1) is 0 Å². The molecular weight excluding hydrogens is 312 g/mol. The van der Waals surface area contributed by atoms with Crippen LogP contribution in [0.5, 0.6) is 17.2 Å². The first kappa shape index (κ1) is 16.3. The van der Waals surface area contributed by atoms with Crippen LogP contribution < -0.4 is 4.74 Å². The molecule has 0 saturated heterocycles. The number of fused-ring (bicyclic) bond motifs is 3. The lowest BCUT2D eigenvalue weighted by atomic mass is 9.66. The first-order valence-corrected chi connectivity index (χ1v) is 9.36. The van der Waals surface area contributed by atoms with Gasteiger partial charge in [0.2, 0.25) is 0 Å².